The first-order valence-electron chi connectivity index (χ1n) is 6.88. The summed E-state index contributed by atoms with van der Waals surface area (Å²) < 4.78 is 42.0. The predicted molar refractivity (Wildman–Crippen MR) is 85.0 cm³/mol. The normalized spacial score (nSPS) is 11.3. The average Bonchev–Trinajstić information content (AvgIpc) is 2.97. The second kappa shape index (κ2) is 6.21. The van der Waals surface area contributed by atoms with E-state index in [9.17, 15) is 12.8 Å². The number of anilines is 1. The van der Waals surface area contributed by atoms with E-state index in [1.807, 2.05) is 0 Å². The van der Waals surface area contributed by atoms with E-state index in [4.69, 9.17) is 0 Å². The highest BCUT2D eigenvalue weighted by molar-refractivity contribution is 7.92. The number of hydrogen-bond donors (Lipinski definition) is 1. The van der Waals surface area contributed by atoms with Crippen molar-refractivity contribution in [2.75, 3.05) is 4.72 Å². The Morgan fingerprint density at radius 1 is 1.04 bits per heavy atom. The molecule has 23 heavy (non-hydrogen) atoms. The second-order valence-electron chi connectivity index (χ2n) is 4.94. The summed E-state index contributed by atoms with van der Waals surface area (Å²) in [7, 11) is -3.66. The third-order valence-corrected chi connectivity index (χ3v) is 4.63. The minimum Gasteiger partial charge on any atom is -0.276 e. The monoisotopic (exact) mass is 331 g/mol. The van der Waals surface area contributed by atoms with Gasteiger partial charge in [-0.1, -0.05) is 36.4 Å². The molecule has 3 aromatic rings. The molecule has 1 aromatic heterocycles. The summed E-state index contributed by atoms with van der Waals surface area (Å²) in [6.07, 6.45) is 2.91. The Kier molecular flexibility index (Phi) is 4.12. The van der Waals surface area contributed by atoms with Crippen LogP contribution in [0.1, 0.15) is 5.56 Å². The molecule has 2 aromatic carbocycles. The van der Waals surface area contributed by atoms with Crippen LogP contribution in [0.4, 0.5) is 10.1 Å². The first-order valence-corrected chi connectivity index (χ1v) is 8.37. The van der Waals surface area contributed by atoms with Gasteiger partial charge in [0.1, 0.15) is 5.82 Å². The van der Waals surface area contributed by atoms with Crippen LogP contribution in [0.2, 0.25) is 0 Å². The smallest absolute Gasteiger partial charge is 0.261 e. The maximum absolute atomic E-state index is 13.6. The molecule has 0 atom stereocenters. The number of hydrogen-bond acceptors (Lipinski definition) is 3. The number of halogens is 1. The van der Waals surface area contributed by atoms with Crippen LogP contribution >= 0.6 is 0 Å². The minimum absolute atomic E-state index is 0.168. The molecule has 0 fully saturated rings. The van der Waals surface area contributed by atoms with E-state index in [2.05, 4.69) is 9.82 Å². The van der Waals surface area contributed by atoms with Crippen LogP contribution in [0.3, 0.4) is 0 Å². The number of aromatic nitrogens is 2. The van der Waals surface area contributed by atoms with Gasteiger partial charge in [0, 0.05) is 11.8 Å². The molecule has 0 amide bonds. The summed E-state index contributed by atoms with van der Waals surface area (Å²) in [5.41, 5.74) is 0.804. The van der Waals surface area contributed by atoms with Gasteiger partial charge in [-0.3, -0.25) is 9.40 Å². The fraction of sp³-hybridized carbons (Fsp3) is 0.0625. The fourth-order valence-electron chi connectivity index (χ4n) is 2.12. The molecule has 118 valence electrons. The summed E-state index contributed by atoms with van der Waals surface area (Å²) in [5, 5.41) is 4.05. The molecule has 3 rings (SSSR count). The average molecular weight is 331 g/mol. The van der Waals surface area contributed by atoms with Crippen molar-refractivity contribution in [1.29, 1.82) is 0 Å². The lowest BCUT2D eigenvalue weighted by Crippen LogP contribution is -2.12. The number of rotatable bonds is 5. The standard InChI is InChI=1S/C16H14FN3O2S/c17-16-9-5-4-6-13(16)11-20-12-14(10-18-20)19-23(21,22)15-7-2-1-3-8-15/h1-10,12,19H,11H2. The molecular formula is C16H14FN3O2S. The summed E-state index contributed by atoms with van der Waals surface area (Å²) in [5.74, 6) is -0.325. The van der Waals surface area contributed by atoms with Crippen LogP contribution in [-0.2, 0) is 16.6 Å². The molecule has 5 nitrogen and oxygen atoms in total. The lowest BCUT2D eigenvalue weighted by molar-refractivity contribution is 0.585. The Balaban J connectivity index is 1.77. The molecule has 0 saturated carbocycles. The minimum atomic E-state index is -3.66. The van der Waals surface area contributed by atoms with Crippen molar-refractivity contribution in [2.24, 2.45) is 0 Å². The van der Waals surface area contributed by atoms with E-state index in [0.29, 0.717) is 11.3 Å². The third-order valence-electron chi connectivity index (χ3n) is 3.23. The van der Waals surface area contributed by atoms with Gasteiger partial charge < -0.3 is 0 Å². The van der Waals surface area contributed by atoms with Crippen molar-refractivity contribution in [3.63, 3.8) is 0 Å². The van der Waals surface area contributed by atoms with Gasteiger partial charge in [-0.05, 0) is 18.2 Å². The van der Waals surface area contributed by atoms with Crippen molar-refractivity contribution in [2.45, 2.75) is 11.4 Å². The number of nitrogens with zero attached hydrogens (tertiary/aromatic N) is 2. The van der Waals surface area contributed by atoms with Crippen LogP contribution in [0, 0.1) is 5.82 Å². The van der Waals surface area contributed by atoms with Crippen LogP contribution in [-0.4, -0.2) is 18.2 Å². The molecule has 0 unspecified atom stereocenters. The zero-order chi connectivity index (χ0) is 16.3. The first kappa shape index (κ1) is 15.2. The van der Waals surface area contributed by atoms with Crippen LogP contribution < -0.4 is 4.72 Å². The van der Waals surface area contributed by atoms with E-state index in [-0.39, 0.29) is 17.3 Å². The van der Waals surface area contributed by atoms with Crippen molar-refractivity contribution < 1.29 is 12.8 Å². The van der Waals surface area contributed by atoms with Gasteiger partial charge >= 0.3 is 0 Å². The quantitative estimate of drug-likeness (QED) is 0.782. The van der Waals surface area contributed by atoms with Crippen molar-refractivity contribution in [3.8, 4) is 0 Å². The number of nitrogens with one attached hydrogen (secondary N) is 1. The van der Waals surface area contributed by atoms with Gasteiger partial charge in [0.2, 0.25) is 0 Å². The molecule has 0 aliphatic rings. The second-order valence-corrected chi connectivity index (χ2v) is 6.62. The Morgan fingerprint density at radius 2 is 1.74 bits per heavy atom. The Bertz CT molecular complexity index is 908. The van der Waals surface area contributed by atoms with Crippen LogP contribution in [0.25, 0.3) is 0 Å². The summed E-state index contributed by atoms with van der Waals surface area (Å²) in [6.45, 7) is 0.222. The number of benzene rings is 2. The number of sulfonamides is 1. The maximum atomic E-state index is 13.6. The molecule has 0 bridgehead atoms. The van der Waals surface area contributed by atoms with Crippen molar-refractivity contribution in [3.05, 3.63) is 78.4 Å². The molecule has 0 radical (unpaired) electrons. The van der Waals surface area contributed by atoms with Crippen molar-refractivity contribution >= 4 is 15.7 Å². The summed E-state index contributed by atoms with van der Waals surface area (Å²) in [4.78, 5) is 0.168. The van der Waals surface area contributed by atoms with Crippen LogP contribution in [0.15, 0.2) is 71.9 Å². The third kappa shape index (κ3) is 3.57. The van der Waals surface area contributed by atoms with Gasteiger partial charge in [0.25, 0.3) is 10.0 Å². The predicted octanol–water partition coefficient (Wildman–Crippen LogP) is 2.87. The molecule has 0 aliphatic carbocycles. The molecule has 1 heterocycles. The van der Waals surface area contributed by atoms with Gasteiger partial charge in [-0.15, -0.1) is 0 Å². The van der Waals surface area contributed by atoms with Gasteiger partial charge in [-0.2, -0.15) is 5.10 Å². The lowest BCUT2D eigenvalue weighted by Gasteiger charge is -2.05. The summed E-state index contributed by atoms with van der Waals surface area (Å²) >= 11 is 0. The zero-order valence-corrected chi connectivity index (χ0v) is 12.9. The maximum Gasteiger partial charge on any atom is 0.261 e. The highest BCUT2D eigenvalue weighted by atomic mass is 32.2. The molecule has 0 saturated heterocycles. The van der Waals surface area contributed by atoms with E-state index >= 15 is 0 Å². The molecule has 0 spiro atoms. The molecular weight excluding hydrogens is 317 g/mol. The largest absolute Gasteiger partial charge is 0.276 e. The van der Waals surface area contributed by atoms with Gasteiger partial charge in [0.15, 0.2) is 0 Å². The zero-order valence-electron chi connectivity index (χ0n) is 12.1. The molecule has 1 N–H and O–H groups in total. The molecule has 7 heteroatoms. The Labute approximate surface area is 133 Å². The Morgan fingerprint density at radius 3 is 2.48 bits per heavy atom. The lowest BCUT2D eigenvalue weighted by atomic mass is 10.2. The van der Waals surface area contributed by atoms with E-state index in [0.717, 1.165) is 0 Å². The highest BCUT2D eigenvalue weighted by Gasteiger charge is 2.14. The highest BCUT2D eigenvalue weighted by Crippen LogP contribution is 2.16. The topological polar surface area (TPSA) is 64.0 Å². The van der Waals surface area contributed by atoms with E-state index in [1.54, 1.807) is 36.4 Å². The fourth-order valence-corrected chi connectivity index (χ4v) is 3.17. The van der Waals surface area contributed by atoms with Crippen molar-refractivity contribution in [1.82, 2.24) is 9.78 Å². The molecule has 0 aliphatic heterocycles. The first-order chi connectivity index (χ1) is 11.0. The summed E-state index contributed by atoms with van der Waals surface area (Å²) in [6, 6.07) is 14.4. The van der Waals surface area contributed by atoms with E-state index in [1.165, 1.54) is 35.3 Å². The van der Waals surface area contributed by atoms with E-state index < -0.39 is 10.0 Å². The van der Waals surface area contributed by atoms with Crippen LogP contribution in [0.5, 0.6) is 0 Å². The Hall–Kier alpha value is -2.67. The van der Waals surface area contributed by atoms with Gasteiger partial charge in [-0.25, -0.2) is 12.8 Å². The van der Waals surface area contributed by atoms with Gasteiger partial charge in [0.05, 0.1) is 23.3 Å². The SMILES string of the molecule is O=S(=O)(Nc1cnn(Cc2ccccc2F)c1)c1ccccc1.